The molecule has 0 unspecified atom stereocenters. The van der Waals surface area contributed by atoms with E-state index in [0.717, 1.165) is 5.56 Å². The Balaban J connectivity index is 2.10. The van der Waals surface area contributed by atoms with E-state index in [1.54, 1.807) is 48.5 Å². The number of benzene rings is 2. The monoisotopic (exact) mass is 280 g/mol. The third kappa shape index (κ3) is 2.41. The molecule has 5 nitrogen and oxygen atoms in total. The number of carbonyl (C=O) groups is 1. The molecule has 1 heterocycles. The zero-order chi connectivity index (χ0) is 14.8. The predicted octanol–water partition coefficient (Wildman–Crippen LogP) is 1.57. The van der Waals surface area contributed by atoms with E-state index in [1.807, 2.05) is 6.07 Å². The Labute approximate surface area is 119 Å². The number of carbonyl (C=O) groups excluding carboxylic acids is 1. The SMILES string of the molecule is O=C(Cc1ccccc1)n1c(=O)[nH]c2ccccc2c1=O. The van der Waals surface area contributed by atoms with Gasteiger partial charge in [-0.25, -0.2) is 4.79 Å². The van der Waals surface area contributed by atoms with E-state index in [-0.39, 0.29) is 6.42 Å². The van der Waals surface area contributed by atoms with Gasteiger partial charge in [0.05, 0.1) is 17.3 Å². The molecule has 0 radical (unpaired) electrons. The number of aromatic nitrogens is 2. The molecule has 0 aliphatic carbocycles. The number of nitrogens with one attached hydrogen (secondary N) is 1. The third-order valence-corrected chi connectivity index (χ3v) is 3.25. The molecule has 104 valence electrons. The fourth-order valence-electron chi connectivity index (χ4n) is 2.24. The second-order valence-corrected chi connectivity index (χ2v) is 4.67. The molecule has 0 bridgehead atoms. The van der Waals surface area contributed by atoms with Crippen molar-refractivity contribution < 1.29 is 4.79 Å². The maximum absolute atomic E-state index is 12.3. The van der Waals surface area contributed by atoms with Crippen LogP contribution in [0.2, 0.25) is 0 Å². The lowest BCUT2D eigenvalue weighted by atomic mass is 10.1. The Bertz CT molecular complexity index is 923. The van der Waals surface area contributed by atoms with Gasteiger partial charge in [-0.05, 0) is 17.7 Å². The summed E-state index contributed by atoms with van der Waals surface area (Å²) >= 11 is 0. The third-order valence-electron chi connectivity index (χ3n) is 3.25. The number of hydrogen-bond donors (Lipinski definition) is 1. The maximum atomic E-state index is 12.3. The molecule has 0 aliphatic heterocycles. The summed E-state index contributed by atoms with van der Waals surface area (Å²) in [5.74, 6) is -0.543. The number of hydrogen-bond acceptors (Lipinski definition) is 3. The molecule has 3 aromatic rings. The largest absolute Gasteiger partial charge is 0.335 e. The van der Waals surface area contributed by atoms with Crippen LogP contribution in [0.1, 0.15) is 10.4 Å². The van der Waals surface area contributed by atoms with Gasteiger partial charge in [0.1, 0.15) is 0 Å². The minimum absolute atomic E-state index is 0.00215. The highest BCUT2D eigenvalue weighted by molar-refractivity contribution is 5.85. The second-order valence-electron chi connectivity index (χ2n) is 4.67. The smallest absolute Gasteiger partial charge is 0.306 e. The molecule has 21 heavy (non-hydrogen) atoms. The van der Waals surface area contributed by atoms with Gasteiger partial charge in [-0.15, -0.1) is 0 Å². The van der Waals surface area contributed by atoms with Crippen LogP contribution >= 0.6 is 0 Å². The Morgan fingerprint density at radius 2 is 1.62 bits per heavy atom. The number of H-pyrrole nitrogens is 1. The topological polar surface area (TPSA) is 71.9 Å². The van der Waals surface area contributed by atoms with Gasteiger partial charge in [0.15, 0.2) is 0 Å². The molecule has 3 rings (SSSR count). The summed E-state index contributed by atoms with van der Waals surface area (Å²) in [5, 5.41) is 0.318. The Morgan fingerprint density at radius 3 is 2.38 bits per heavy atom. The van der Waals surface area contributed by atoms with Gasteiger partial charge in [-0.2, -0.15) is 4.57 Å². The molecule has 0 spiro atoms. The van der Waals surface area contributed by atoms with Gasteiger partial charge < -0.3 is 4.98 Å². The van der Waals surface area contributed by atoms with Crippen molar-refractivity contribution >= 4 is 16.8 Å². The van der Waals surface area contributed by atoms with Crippen molar-refractivity contribution in [2.75, 3.05) is 0 Å². The van der Waals surface area contributed by atoms with Crippen molar-refractivity contribution in [3.05, 3.63) is 81.0 Å². The molecule has 0 fully saturated rings. The van der Waals surface area contributed by atoms with Crippen LogP contribution in [0.4, 0.5) is 0 Å². The van der Waals surface area contributed by atoms with Crippen molar-refractivity contribution in [3.63, 3.8) is 0 Å². The van der Waals surface area contributed by atoms with Crippen molar-refractivity contribution in [2.24, 2.45) is 0 Å². The van der Waals surface area contributed by atoms with Crippen LogP contribution in [0.5, 0.6) is 0 Å². The summed E-state index contributed by atoms with van der Waals surface area (Å²) in [6.45, 7) is 0. The molecule has 2 aromatic carbocycles. The molecule has 1 N–H and O–H groups in total. The number of nitrogens with zero attached hydrogens (tertiary/aromatic N) is 1. The average Bonchev–Trinajstić information content (AvgIpc) is 2.48. The van der Waals surface area contributed by atoms with Gasteiger partial charge in [0, 0.05) is 0 Å². The molecular weight excluding hydrogens is 268 g/mol. The van der Waals surface area contributed by atoms with E-state index < -0.39 is 17.2 Å². The summed E-state index contributed by atoms with van der Waals surface area (Å²) < 4.78 is 0.662. The molecule has 0 amide bonds. The molecule has 0 atom stereocenters. The van der Waals surface area contributed by atoms with Crippen LogP contribution in [0, 0.1) is 0 Å². The lowest BCUT2D eigenvalue weighted by Gasteiger charge is -2.05. The van der Waals surface area contributed by atoms with Crippen molar-refractivity contribution in [1.29, 1.82) is 0 Å². The summed E-state index contributed by atoms with van der Waals surface area (Å²) in [6.07, 6.45) is 0.00215. The fraction of sp³-hybridized carbons (Fsp3) is 0.0625. The fourth-order valence-corrected chi connectivity index (χ4v) is 2.24. The van der Waals surface area contributed by atoms with E-state index >= 15 is 0 Å². The minimum Gasteiger partial charge on any atom is -0.306 e. The van der Waals surface area contributed by atoms with Gasteiger partial charge in [0.25, 0.3) is 5.56 Å². The molecule has 1 aromatic heterocycles. The first-order valence-corrected chi connectivity index (χ1v) is 6.48. The van der Waals surface area contributed by atoms with E-state index in [9.17, 15) is 14.4 Å². The first kappa shape index (κ1) is 13.1. The van der Waals surface area contributed by atoms with Gasteiger partial charge >= 0.3 is 5.69 Å². The summed E-state index contributed by atoms with van der Waals surface area (Å²) in [5.41, 5.74) is -0.117. The zero-order valence-electron chi connectivity index (χ0n) is 11.1. The van der Waals surface area contributed by atoms with Crippen LogP contribution in [0.3, 0.4) is 0 Å². The van der Waals surface area contributed by atoms with Gasteiger partial charge in [0.2, 0.25) is 5.91 Å². The highest BCUT2D eigenvalue weighted by Gasteiger charge is 2.14. The first-order chi connectivity index (χ1) is 10.2. The maximum Gasteiger partial charge on any atom is 0.335 e. The Morgan fingerprint density at radius 1 is 0.952 bits per heavy atom. The standard InChI is InChI=1S/C16H12N2O3/c19-14(10-11-6-2-1-3-7-11)18-15(20)12-8-4-5-9-13(12)17-16(18)21/h1-9H,10H2,(H,17,21). The molecular formula is C16H12N2O3. The Hall–Kier alpha value is -2.95. The highest BCUT2D eigenvalue weighted by atomic mass is 16.2. The predicted molar refractivity (Wildman–Crippen MR) is 79.6 cm³/mol. The Kier molecular flexibility index (Phi) is 3.23. The quantitative estimate of drug-likeness (QED) is 0.774. The molecule has 0 aliphatic rings. The van der Waals surface area contributed by atoms with E-state index in [2.05, 4.69) is 4.98 Å². The number of rotatable bonds is 2. The van der Waals surface area contributed by atoms with Crippen LogP contribution < -0.4 is 11.2 Å². The van der Waals surface area contributed by atoms with Gasteiger partial charge in [-0.3, -0.25) is 9.59 Å². The lowest BCUT2D eigenvalue weighted by molar-refractivity contribution is 0.0905. The molecule has 5 heteroatoms. The van der Waals surface area contributed by atoms with Crippen molar-refractivity contribution in [1.82, 2.24) is 9.55 Å². The number of fused-ring (bicyclic) bond motifs is 1. The highest BCUT2D eigenvalue weighted by Crippen LogP contribution is 2.04. The molecule has 0 saturated heterocycles. The van der Waals surface area contributed by atoms with E-state index in [4.69, 9.17) is 0 Å². The van der Waals surface area contributed by atoms with Crippen LogP contribution in [-0.4, -0.2) is 15.5 Å². The lowest BCUT2D eigenvalue weighted by Crippen LogP contribution is -2.40. The van der Waals surface area contributed by atoms with E-state index in [0.29, 0.717) is 15.5 Å². The van der Waals surface area contributed by atoms with E-state index in [1.165, 1.54) is 0 Å². The number of aromatic amines is 1. The first-order valence-electron chi connectivity index (χ1n) is 6.48. The van der Waals surface area contributed by atoms with Crippen LogP contribution in [0.25, 0.3) is 10.9 Å². The average molecular weight is 280 g/mol. The molecule has 0 saturated carbocycles. The minimum atomic E-state index is -0.709. The zero-order valence-corrected chi connectivity index (χ0v) is 11.1. The summed E-state index contributed by atoms with van der Waals surface area (Å²) in [4.78, 5) is 39.1. The summed E-state index contributed by atoms with van der Waals surface area (Å²) in [7, 11) is 0. The second kappa shape index (κ2) is 5.20. The summed E-state index contributed by atoms with van der Waals surface area (Å²) in [6, 6.07) is 15.6. The van der Waals surface area contributed by atoms with Gasteiger partial charge in [-0.1, -0.05) is 42.5 Å². The number of para-hydroxylation sites is 1. The normalized spacial score (nSPS) is 10.7. The van der Waals surface area contributed by atoms with Crippen molar-refractivity contribution in [3.8, 4) is 0 Å². The van der Waals surface area contributed by atoms with Crippen molar-refractivity contribution in [2.45, 2.75) is 6.42 Å². The van der Waals surface area contributed by atoms with Crippen LogP contribution in [-0.2, 0) is 6.42 Å². The van der Waals surface area contributed by atoms with Crippen LogP contribution in [0.15, 0.2) is 64.2 Å².